The van der Waals surface area contributed by atoms with Gasteiger partial charge in [-0.3, -0.25) is 0 Å². The Hall–Kier alpha value is -2.86. The largest absolute Gasteiger partial charge is 0.334 e. The minimum absolute atomic E-state index is 0.261. The van der Waals surface area contributed by atoms with Crippen LogP contribution >= 0.6 is 0 Å². The van der Waals surface area contributed by atoms with Crippen LogP contribution in [0.5, 0.6) is 0 Å². The van der Waals surface area contributed by atoms with E-state index in [1.807, 2.05) is 42.5 Å². The number of nitrogens with one attached hydrogen (secondary N) is 2. The maximum atomic E-state index is 12.0. The van der Waals surface area contributed by atoms with E-state index in [2.05, 4.69) is 10.6 Å². The zero-order valence-corrected chi connectivity index (χ0v) is 14.5. The molecular formula is C19H18N2O3S. The van der Waals surface area contributed by atoms with E-state index in [4.69, 9.17) is 0 Å². The van der Waals surface area contributed by atoms with E-state index in [9.17, 15) is 13.2 Å². The second-order valence-corrected chi connectivity index (χ2v) is 7.80. The number of anilines is 1. The summed E-state index contributed by atoms with van der Waals surface area (Å²) < 4.78 is 22.9. The van der Waals surface area contributed by atoms with Gasteiger partial charge in [0.05, 0.1) is 4.90 Å². The van der Waals surface area contributed by atoms with E-state index >= 15 is 0 Å². The van der Waals surface area contributed by atoms with Gasteiger partial charge in [-0.1, -0.05) is 42.5 Å². The molecule has 0 saturated heterocycles. The fourth-order valence-electron chi connectivity index (χ4n) is 2.48. The first-order chi connectivity index (χ1) is 11.9. The number of amides is 2. The van der Waals surface area contributed by atoms with E-state index in [0.717, 1.165) is 22.6 Å². The van der Waals surface area contributed by atoms with Crippen LogP contribution in [0.4, 0.5) is 10.5 Å². The molecule has 0 saturated carbocycles. The van der Waals surface area contributed by atoms with Crippen LogP contribution in [-0.2, 0) is 16.4 Å². The van der Waals surface area contributed by atoms with Crippen LogP contribution in [0.1, 0.15) is 5.56 Å². The average molecular weight is 354 g/mol. The molecule has 0 unspecified atom stereocenters. The molecule has 5 nitrogen and oxygen atoms in total. The summed E-state index contributed by atoms with van der Waals surface area (Å²) in [6.45, 7) is 0.309. The lowest BCUT2D eigenvalue weighted by atomic mass is 10.1. The molecule has 0 radical (unpaired) electrons. The van der Waals surface area contributed by atoms with Crippen molar-refractivity contribution >= 4 is 32.3 Å². The highest BCUT2D eigenvalue weighted by molar-refractivity contribution is 7.90. The molecule has 0 bridgehead atoms. The SMILES string of the molecule is CS(=O)(=O)c1ccc(CNC(=O)Nc2ccc3ccccc3c2)cc1. The molecule has 25 heavy (non-hydrogen) atoms. The lowest BCUT2D eigenvalue weighted by Crippen LogP contribution is -2.28. The zero-order chi connectivity index (χ0) is 17.9. The maximum absolute atomic E-state index is 12.0. The maximum Gasteiger partial charge on any atom is 0.319 e. The number of benzene rings is 3. The molecular weight excluding hydrogens is 336 g/mol. The molecule has 6 heteroatoms. The van der Waals surface area contributed by atoms with Crippen LogP contribution in [0, 0.1) is 0 Å². The first-order valence-corrected chi connectivity index (χ1v) is 9.64. The fraction of sp³-hybridized carbons (Fsp3) is 0.105. The minimum atomic E-state index is -3.21. The van der Waals surface area contributed by atoms with Crippen molar-refractivity contribution < 1.29 is 13.2 Å². The lowest BCUT2D eigenvalue weighted by molar-refractivity contribution is 0.251. The van der Waals surface area contributed by atoms with Crippen LogP contribution in [0.25, 0.3) is 10.8 Å². The van der Waals surface area contributed by atoms with Gasteiger partial charge in [0.25, 0.3) is 0 Å². The third-order valence-corrected chi connectivity index (χ3v) is 4.94. The molecule has 2 N–H and O–H groups in total. The average Bonchev–Trinajstić information content (AvgIpc) is 2.59. The highest BCUT2D eigenvalue weighted by atomic mass is 32.2. The number of carbonyl (C=O) groups excluding carboxylic acids is 1. The quantitative estimate of drug-likeness (QED) is 0.752. The molecule has 2 amide bonds. The van der Waals surface area contributed by atoms with Crippen LogP contribution in [0.3, 0.4) is 0 Å². The molecule has 0 heterocycles. The van der Waals surface area contributed by atoms with Crippen LogP contribution < -0.4 is 10.6 Å². The first kappa shape index (κ1) is 17.0. The number of fused-ring (bicyclic) bond motifs is 1. The van der Waals surface area contributed by atoms with E-state index in [1.54, 1.807) is 12.1 Å². The van der Waals surface area contributed by atoms with Gasteiger partial charge in [-0.2, -0.15) is 0 Å². The number of urea groups is 1. The van der Waals surface area contributed by atoms with Crippen LogP contribution in [0.15, 0.2) is 71.6 Å². The molecule has 0 atom stereocenters. The lowest BCUT2D eigenvalue weighted by Gasteiger charge is -2.09. The van der Waals surface area contributed by atoms with Crippen molar-refractivity contribution in [3.63, 3.8) is 0 Å². The molecule has 0 fully saturated rings. The summed E-state index contributed by atoms with van der Waals surface area (Å²) in [6.07, 6.45) is 1.16. The summed E-state index contributed by atoms with van der Waals surface area (Å²) in [5.74, 6) is 0. The van der Waals surface area contributed by atoms with Crippen molar-refractivity contribution in [1.29, 1.82) is 0 Å². The molecule has 0 aromatic heterocycles. The van der Waals surface area contributed by atoms with Crippen LogP contribution in [-0.4, -0.2) is 20.7 Å². The zero-order valence-electron chi connectivity index (χ0n) is 13.7. The van der Waals surface area contributed by atoms with E-state index in [-0.39, 0.29) is 10.9 Å². The van der Waals surface area contributed by atoms with E-state index < -0.39 is 9.84 Å². The molecule has 0 spiro atoms. The summed E-state index contributed by atoms with van der Waals surface area (Å²) >= 11 is 0. The summed E-state index contributed by atoms with van der Waals surface area (Å²) in [7, 11) is -3.21. The van der Waals surface area contributed by atoms with Gasteiger partial charge in [-0.15, -0.1) is 0 Å². The third-order valence-electron chi connectivity index (χ3n) is 3.81. The normalized spacial score (nSPS) is 11.2. The monoisotopic (exact) mass is 354 g/mol. The van der Waals surface area contributed by atoms with Crippen molar-refractivity contribution in [2.24, 2.45) is 0 Å². The van der Waals surface area contributed by atoms with Crippen molar-refractivity contribution in [2.75, 3.05) is 11.6 Å². The minimum Gasteiger partial charge on any atom is -0.334 e. The van der Waals surface area contributed by atoms with Crippen LogP contribution in [0.2, 0.25) is 0 Å². The Morgan fingerprint density at radius 1 is 0.920 bits per heavy atom. The summed E-state index contributed by atoms with van der Waals surface area (Å²) in [6, 6.07) is 19.8. The smallest absolute Gasteiger partial charge is 0.319 e. The standard InChI is InChI=1S/C19H18N2O3S/c1-25(23,24)18-10-6-14(7-11-18)13-20-19(22)21-17-9-8-15-4-2-3-5-16(15)12-17/h2-12H,13H2,1H3,(H2,20,21,22). The van der Waals surface area contributed by atoms with Gasteiger partial charge in [0.2, 0.25) is 0 Å². The Morgan fingerprint density at radius 2 is 1.60 bits per heavy atom. The van der Waals surface area contributed by atoms with Gasteiger partial charge in [0, 0.05) is 18.5 Å². The predicted octanol–water partition coefficient (Wildman–Crippen LogP) is 3.57. The Bertz CT molecular complexity index is 1010. The van der Waals surface area contributed by atoms with Crippen molar-refractivity contribution in [2.45, 2.75) is 11.4 Å². The number of hydrogen-bond donors (Lipinski definition) is 2. The molecule has 0 aliphatic carbocycles. The van der Waals surface area contributed by atoms with Crippen molar-refractivity contribution in [1.82, 2.24) is 5.32 Å². The highest BCUT2D eigenvalue weighted by Gasteiger charge is 2.07. The summed E-state index contributed by atoms with van der Waals surface area (Å²) in [4.78, 5) is 12.3. The van der Waals surface area contributed by atoms with Gasteiger partial charge in [-0.25, -0.2) is 13.2 Å². The number of carbonyl (C=O) groups is 1. The van der Waals surface area contributed by atoms with Crippen molar-refractivity contribution in [3.8, 4) is 0 Å². The molecule has 3 aromatic carbocycles. The Labute approximate surface area is 146 Å². The summed E-state index contributed by atoms with van der Waals surface area (Å²) in [5, 5.41) is 7.71. The Balaban J connectivity index is 1.60. The molecule has 0 aliphatic heterocycles. The van der Waals surface area contributed by atoms with Gasteiger partial charge >= 0.3 is 6.03 Å². The molecule has 3 aromatic rings. The predicted molar refractivity (Wildman–Crippen MR) is 99.4 cm³/mol. The molecule has 128 valence electrons. The second kappa shape index (κ2) is 6.94. The fourth-order valence-corrected chi connectivity index (χ4v) is 3.11. The number of sulfone groups is 1. The third kappa shape index (κ3) is 4.36. The molecule has 0 aliphatic rings. The van der Waals surface area contributed by atoms with Gasteiger partial charge in [-0.05, 0) is 40.6 Å². The van der Waals surface area contributed by atoms with Gasteiger partial charge < -0.3 is 10.6 Å². The van der Waals surface area contributed by atoms with Crippen molar-refractivity contribution in [3.05, 3.63) is 72.3 Å². The Morgan fingerprint density at radius 3 is 2.28 bits per heavy atom. The second-order valence-electron chi connectivity index (χ2n) is 5.79. The summed E-state index contributed by atoms with van der Waals surface area (Å²) in [5.41, 5.74) is 1.53. The van der Waals surface area contributed by atoms with E-state index in [1.165, 1.54) is 12.1 Å². The number of rotatable bonds is 4. The van der Waals surface area contributed by atoms with E-state index in [0.29, 0.717) is 12.2 Å². The Kier molecular flexibility index (Phi) is 4.72. The number of hydrogen-bond acceptors (Lipinski definition) is 3. The highest BCUT2D eigenvalue weighted by Crippen LogP contribution is 2.18. The topological polar surface area (TPSA) is 75.3 Å². The van der Waals surface area contributed by atoms with Gasteiger partial charge in [0.15, 0.2) is 9.84 Å². The molecule has 3 rings (SSSR count). The van der Waals surface area contributed by atoms with Gasteiger partial charge in [0.1, 0.15) is 0 Å². The first-order valence-electron chi connectivity index (χ1n) is 7.74.